The fourth-order valence-electron chi connectivity index (χ4n) is 2.80. The molecule has 2 aromatic rings. The van der Waals surface area contributed by atoms with E-state index < -0.39 is 17.7 Å². The summed E-state index contributed by atoms with van der Waals surface area (Å²) in [6.45, 7) is 2.42. The molecule has 2 rings (SSSR count). The summed E-state index contributed by atoms with van der Waals surface area (Å²) in [6.07, 6.45) is 0.0384. The van der Waals surface area contributed by atoms with Crippen LogP contribution in [-0.2, 0) is 22.6 Å². The molecule has 0 radical (unpaired) electrons. The zero-order valence-corrected chi connectivity index (χ0v) is 15.6. The molecule has 1 N–H and O–H groups in total. The van der Waals surface area contributed by atoms with Crippen LogP contribution in [0, 0.1) is 11.6 Å². The molecule has 0 aliphatic rings. The minimum Gasteiger partial charge on any atom is -0.389 e. The van der Waals surface area contributed by atoms with Gasteiger partial charge in [0, 0.05) is 45.0 Å². The largest absolute Gasteiger partial charge is 0.389 e. The van der Waals surface area contributed by atoms with E-state index in [0.717, 1.165) is 18.1 Å². The van der Waals surface area contributed by atoms with Crippen molar-refractivity contribution in [2.75, 3.05) is 33.4 Å². The van der Waals surface area contributed by atoms with Gasteiger partial charge in [-0.1, -0.05) is 36.4 Å². The second-order valence-corrected chi connectivity index (χ2v) is 6.47. The smallest absolute Gasteiger partial charge is 0.130 e. The Bertz CT molecular complexity index is 670. The molecule has 0 bridgehead atoms. The summed E-state index contributed by atoms with van der Waals surface area (Å²) in [5.41, 5.74) is 1.43. The first kappa shape index (κ1) is 21.4. The van der Waals surface area contributed by atoms with E-state index >= 15 is 0 Å². The topological polar surface area (TPSA) is 41.9 Å². The summed E-state index contributed by atoms with van der Waals surface area (Å²) < 4.78 is 37.7. The lowest BCUT2D eigenvalue weighted by atomic mass is 10.1. The van der Waals surface area contributed by atoms with Crippen molar-refractivity contribution >= 4 is 0 Å². The van der Waals surface area contributed by atoms with E-state index in [1.54, 1.807) is 7.11 Å². The number of halogens is 2. The van der Waals surface area contributed by atoms with Crippen molar-refractivity contribution in [1.29, 1.82) is 0 Å². The van der Waals surface area contributed by atoms with Gasteiger partial charge >= 0.3 is 0 Å². The van der Waals surface area contributed by atoms with Gasteiger partial charge in [0.1, 0.15) is 11.6 Å². The molecule has 1 atom stereocenters. The average molecular weight is 379 g/mol. The molecular weight excluding hydrogens is 352 g/mol. The Labute approximate surface area is 159 Å². The summed E-state index contributed by atoms with van der Waals surface area (Å²) >= 11 is 0. The Kier molecular flexibility index (Phi) is 9.35. The molecule has 4 nitrogen and oxygen atoms in total. The van der Waals surface area contributed by atoms with Gasteiger partial charge in [-0.05, 0) is 18.1 Å². The minimum absolute atomic E-state index is 0.182. The van der Waals surface area contributed by atoms with Crippen LogP contribution in [0.1, 0.15) is 17.5 Å². The molecule has 0 aromatic heterocycles. The van der Waals surface area contributed by atoms with Crippen LogP contribution in [0.25, 0.3) is 0 Å². The number of methoxy groups -OCH3 is 1. The van der Waals surface area contributed by atoms with Crippen LogP contribution < -0.4 is 0 Å². The van der Waals surface area contributed by atoms with Crippen LogP contribution in [0.5, 0.6) is 0 Å². The lowest BCUT2D eigenvalue weighted by Gasteiger charge is -2.25. The Morgan fingerprint density at radius 2 is 1.89 bits per heavy atom. The first-order valence-corrected chi connectivity index (χ1v) is 9.03. The number of rotatable bonds is 12. The van der Waals surface area contributed by atoms with Crippen molar-refractivity contribution in [1.82, 2.24) is 4.90 Å². The molecule has 148 valence electrons. The third-order valence-corrected chi connectivity index (χ3v) is 4.12. The summed E-state index contributed by atoms with van der Waals surface area (Å²) in [5.74, 6) is -1.18. The number of benzene rings is 2. The van der Waals surface area contributed by atoms with Gasteiger partial charge in [0.05, 0.1) is 19.3 Å². The molecule has 0 spiro atoms. The van der Waals surface area contributed by atoms with E-state index in [4.69, 9.17) is 9.47 Å². The Morgan fingerprint density at radius 3 is 2.59 bits per heavy atom. The zero-order valence-electron chi connectivity index (χ0n) is 15.6. The number of hydrogen-bond donors (Lipinski definition) is 1. The van der Waals surface area contributed by atoms with Crippen LogP contribution in [0.2, 0.25) is 0 Å². The second-order valence-electron chi connectivity index (χ2n) is 6.47. The maximum Gasteiger partial charge on any atom is 0.130 e. The van der Waals surface area contributed by atoms with E-state index in [-0.39, 0.29) is 13.2 Å². The molecular formula is C21H27F2NO3. The number of aliphatic hydroxyl groups is 1. The van der Waals surface area contributed by atoms with Crippen LogP contribution in [0.4, 0.5) is 8.78 Å². The molecule has 27 heavy (non-hydrogen) atoms. The van der Waals surface area contributed by atoms with Crippen molar-refractivity contribution in [2.45, 2.75) is 25.7 Å². The monoisotopic (exact) mass is 379 g/mol. The molecule has 0 unspecified atom stereocenters. The highest BCUT2D eigenvalue weighted by Gasteiger charge is 2.15. The molecule has 0 fully saturated rings. The van der Waals surface area contributed by atoms with Gasteiger partial charge in [-0.15, -0.1) is 0 Å². The summed E-state index contributed by atoms with van der Waals surface area (Å²) in [6, 6.07) is 13.3. The molecule has 0 heterocycles. The van der Waals surface area contributed by atoms with Crippen LogP contribution in [0.3, 0.4) is 0 Å². The normalized spacial score (nSPS) is 12.5. The first-order chi connectivity index (χ1) is 13.1. The zero-order chi connectivity index (χ0) is 19.5. The molecule has 6 heteroatoms. The highest BCUT2D eigenvalue weighted by atomic mass is 19.1. The summed E-state index contributed by atoms with van der Waals surface area (Å²) in [4.78, 5) is 1.92. The van der Waals surface area contributed by atoms with Gasteiger partial charge in [0.25, 0.3) is 0 Å². The first-order valence-electron chi connectivity index (χ1n) is 9.03. The number of ether oxygens (including phenoxy) is 2. The highest BCUT2D eigenvalue weighted by molar-refractivity contribution is 5.18. The third-order valence-electron chi connectivity index (χ3n) is 4.12. The maximum atomic E-state index is 13.9. The quantitative estimate of drug-likeness (QED) is 0.574. The van der Waals surface area contributed by atoms with Gasteiger partial charge in [-0.25, -0.2) is 8.78 Å². The van der Waals surface area contributed by atoms with E-state index in [1.165, 1.54) is 12.1 Å². The second kappa shape index (κ2) is 11.8. The van der Waals surface area contributed by atoms with Crippen molar-refractivity contribution in [3.63, 3.8) is 0 Å². The SMILES string of the molecule is COCCCN(Cc1ccc(F)cc1F)C[C@H](O)COCc1ccccc1. The highest BCUT2D eigenvalue weighted by Crippen LogP contribution is 2.13. The van der Waals surface area contributed by atoms with Gasteiger partial charge in [-0.3, -0.25) is 4.90 Å². The van der Waals surface area contributed by atoms with Crippen LogP contribution >= 0.6 is 0 Å². The van der Waals surface area contributed by atoms with E-state index in [2.05, 4.69) is 0 Å². The average Bonchev–Trinajstić information content (AvgIpc) is 2.65. The van der Waals surface area contributed by atoms with Gasteiger partial charge in [0.2, 0.25) is 0 Å². The molecule has 0 aliphatic carbocycles. The molecule has 2 aromatic carbocycles. The summed E-state index contributed by atoms with van der Waals surface area (Å²) in [7, 11) is 1.62. The number of nitrogens with zero attached hydrogens (tertiary/aromatic N) is 1. The lowest BCUT2D eigenvalue weighted by molar-refractivity contribution is 0.00723. The Hall–Kier alpha value is -1.86. The van der Waals surface area contributed by atoms with E-state index in [9.17, 15) is 13.9 Å². The maximum absolute atomic E-state index is 13.9. The van der Waals surface area contributed by atoms with E-state index in [1.807, 2.05) is 35.2 Å². The Balaban J connectivity index is 1.86. The molecule has 0 saturated carbocycles. The van der Waals surface area contributed by atoms with Crippen LogP contribution in [-0.4, -0.2) is 49.5 Å². The van der Waals surface area contributed by atoms with Gasteiger partial charge in [0.15, 0.2) is 0 Å². The van der Waals surface area contributed by atoms with Crippen molar-refractivity contribution in [2.24, 2.45) is 0 Å². The standard InChI is InChI=1S/C21H27F2NO3/c1-26-11-5-10-24(13-18-8-9-19(22)12-21(18)23)14-20(25)16-27-15-17-6-3-2-4-7-17/h2-4,6-9,12,20,25H,5,10-11,13-16H2,1H3/t20-/m0/s1. The fraction of sp³-hybridized carbons (Fsp3) is 0.429. The minimum atomic E-state index is -0.709. The number of hydrogen-bond acceptors (Lipinski definition) is 4. The molecule has 0 amide bonds. The lowest BCUT2D eigenvalue weighted by Crippen LogP contribution is -2.35. The van der Waals surface area contributed by atoms with Crippen molar-refractivity contribution < 1.29 is 23.4 Å². The van der Waals surface area contributed by atoms with Gasteiger partial charge in [-0.2, -0.15) is 0 Å². The van der Waals surface area contributed by atoms with E-state index in [0.29, 0.717) is 31.9 Å². The predicted octanol–water partition coefficient (Wildman–Crippen LogP) is 3.38. The van der Waals surface area contributed by atoms with Crippen LogP contribution in [0.15, 0.2) is 48.5 Å². The van der Waals surface area contributed by atoms with Crippen molar-refractivity contribution in [3.8, 4) is 0 Å². The predicted molar refractivity (Wildman–Crippen MR) is 100 cm³/mol. The fourth-order valence-corrected chi connectivity index (χ4v) is 2.80. The summed E-state index contributed by atoms with van der Waals surface area (Å²) in [5, 5.41) is 10.3. The number of aliphatic hydroxyl groups excluding tert-OH is 1. The molecule has 0 aliphatic heterocycles. The van der Waals surface area contributed by atoms with Crippen molar-refractivity contribution in [3.05, 3.63) is 71.3 Å². The molecule has 0 saturated heterocycles. The Morgan fingerprint density at radius 1 is 1.11 bits per heavy atom. The van der Waals surface area contributed by atoms with Gasteiger partial charge < -0.3 is 14.6 Å². The third kappa shape index (κ3) is 8.13.